The largest absolute Gasteiger partial charge is 0.364 e. The standard InChI is InChI=1S/C15H13F2N5O/c16-10-3-1-2-9(6-10)7-18-13-12-14(21-15(17)20-13)22(8-19-12)11-4-5-23-11/h1-3,6,8,11H,4-5,7H2,(H,18,20,21). The summed E-state index contributed by atoms with van der Waals surface area (Å²) in [6, 6.07) is 6.16. The second kappa shape index (κ2) is 5.54. The molecule has 23 heavy (non-hydrogen) atoms. The van der Waals surface area contributed by atoms with Crippen molar-refractivity contribution in [2.75, 3.05) is 11.9 Å². The highest BCUT2D eigenvalue weighted by Gasteiger charge is 2.24. The van der Waals surface area contributed by atoms with Gasteiger partial charge in [0.15, 0.2) is 17.0 Å². The van der Waals surface area contributed by atoms with E-state index in [1.54, 1.807) is 23.0 Å². The molecule has 1 aliphatic rings. The Kier molecular flexibility index (Phi) is 3.38. The van der Waals surface area contributed by atoms with Crippen molar-refractivity contribution in [3.63, 3.8) is 0 Å². The Hall–Kier alpha value is -2.61. The Morgan fingerprint density at radius 2 is 2.17 bits per heavy atom. The molecular formula is C15H13F2N5O. The van der Waals surface area contributed by atoms with E-state index < -0.39 is 6.08 Å². The molecule has 0 amide bonds. The number of nitrogens with zero attached hydrogens (tertiary/aromatic N) is 4. The van der Waals surface area contributed by atoms with Crippen LogP contribution < -0.4 is 5.32 Å². The lowest BCUT2D eigenvalue weighted by Crippen LogP contribution is -2.24. The number of benzene rings is 1. The molecule has 2 aromatic heterocycles. The minimum atomic E-state index is -0.847. The van der Waals surface area contributed by atoms with Crippen molar-refractivity contribution in [3.8, 4) is 0 Å². The van der Waals surface area contributed by atoms with Gasteiger partial charge in [0.25, 0.3) is 0 Å². The first-order valence-corrected chi connectivity index (χ1v) is 7.21. The van der Waals surface area contributed by atoms with Gasteiger partial charge < -0.3 is 10.1 Å². The maximum Gasteiger partial charge on any atom is 0.312 e. The van der Waals surface area contributed by atoms with Crippen LogP contribution >= 0.6 is 0 Å². The summed E-state index contributed by atoms with van der Waals surface area (Å²) >= 11 is 0. The molecule has 1 N–H and O–H groups in total. The van der Waals surface area contributed by atoms with E-state index in [4.69, 9.17) is 4.74 Å². The lowest BCUT2D eigenvalue weighted by atomic mass is 10.2. The summed E-state index contributed by atoms with van der Waals surface area (Å²) in [5.41, 5.74) is 1.56. The van der Waals surface area contributed by atoms with Gasteiger partial charge in [-0.15, -0.1) is 0 Å². The summed E-state index contributed by atoms with van der Waals surface area (Å²) in [6.07, 6.45) is 1.39. The van der Waals surface area contributed by atoms with E-state index in [2.05, 4.69) is 20.3 Å². The minimum absolute atomic E-state index is 0.162. The van der Waals surface area contributed by atoms with Crippen LogP contribution in [0.2, 0.25) is 0 Å². The molecule has 6 nitrogen and oxygen atoms in total. The summed E-state index contributed by atoms with van der Waals surface area (Å²) in [5, 5.41) is 2.99. The molecule has 0 aliphatic carbocycles. The maximum absolute atomic E-state index is 13.7. The number of rotatable bonds is 4. The summed E-state index contributed by atoms with van der Waals surface area (Å²) in [5.74, 6) is -0.0513. The fourth-order valence-corrected chi connectivity index (χ4v) is 2.50. The van der Waals surface area contributed by atoms with Gasteiger partial charge in [0.2, 0.25) is 0 Å². The van der Waals surface area contributed by atoms with Crippen molar-refractivity contribution in [2.24, 2.45) is 0 Å². The van der Waals surface area contributed by atoms with Gasteiger partial charge >= 0.3 is 6.08 Å². The molecular weight excluding hydrogens is 304 g/mol. The normalized spacial score (nSPS) is 17.2. The number of fused-ring (bicyclic) bond motifs is 1. The SMILES string of the molecule is Fc1cccc(CNc2nc(F)nc3c2ncn3C2CCO2)c1. The number of nitrogens with one attached hydrogen (secondary N) is 1. The molecule has 4 rings (SSSR count). The zero-order valence-electron chi connectivity index (χ0n) is 12.0. The van der Waals surface area contributed by atoms with Gasteiger partial charge in [-0.3, -0.25) is 4.57 Å². The van der Waals surface area contributed by atoms with Crippen LogP contribution in [0.5, 0.6) is 0 Å². The zero-order chi connectivity index (χ0) is 15.8. The number of imidazole rings is 1. The Morgan fingerprint density at radius 1 is 1.30 bits per heavy atom. The third-order valence-corrected chi connectivity index (χ3v) is 3.73. The van der Waals surface area contributed by atoms with Crippen LogP contribution in [0.3, 0.4) is 0 Å². The summed E-state index contributed by atoms with van der Waals surface area (Å²) in [6.45, 7) is 0.971. The second-order valence-electron chi connectivity index (χ2n) is 5.26. The Labute approximate surface area is 130 Å². The first-order valence-electron chi connectivity index (χ1n) is 7.21. The van der Waals surface area contributed by atoms with Crippen molar-refractivity contribution in [1.82, 2.24) is 19.5 Å². The molecule has 1 aromatic carbocycles. The Bertz CT molecular complexity index is 862. The number of aromatic nitrogens is 4. The molecule has 1 fully saturated rings. The van der Waals surface area contributed by atoms with Crippen LogP contribution in [0, 0.1) is 11.9 Å². The maximum atomic E-state index is 13.7. The van der Waals surface area contributed by atoms with E-state index in [0.29, 0.717) is 24.3 Å². The first kappa shape index (κ1) is 14.0. The number of hydrogen-bond acceptors (Lipinski definition) is 5. The minimum Gasteiger partial charge on any atom is -0.364 e. The highest BCUT2D eigenvalue weighted by atomic mass is 19.1. The number of anilines is 1. The monoisotopic (exact) mass is 317 g/mol. The average Bonchev–Trinajstić information content (AvgIpc) is 2.87. The summed E-state index contributed by atoms with van der Waals surface area (Å²) in [4.78, 5) is 11.8. The van der Waals surface area contributed by atoms with Crippen LogP contribution in [0.4, 0.5) is 14.6 Å². The molecule has 0 spiro atoms. The average molecular weight is 317 g/mol. The molecule has 1 aliphatic heterocycles. The zero-order valence-corrected chi connectivity index (χ0v) is 12.0. The van der Waals surface area contributed by atoms with Gasteiger partial charge in [0.05, 0.1) is 12.9 Å². The predicted molar refractivity (Wildman–Crippen MR) is 78.6 cm³/mol. The van der Waals surface area contributed by atoms with Crippen molar-refractivity contribution in [3.05, 3.63) is 48.1 Å². The second-order valence-corrected chi connectivity index (χ2v) is 5.26. The van der Waals surface area contributed by atoms with Crippen LogP contribution in [0.15, 0.2) is 30.6 Å². The van der Waals surface area contributed by atoms with Gasteiger partial charge in [-0.25, -0.2) is 9.37 Å². The highest BCUT2D eigenvalue weighted by Crippen LogP contribution is 2.28. The fraction of sp³-hybridized carbons (Fsp3) is 0.267. The molecule has 3 heterocycles. The first-order chi connectivity index (χ1) is 11.2. The molecule has 1 atom stereocenters. The number of halogens is 2. The number of ether oxygens (including phenoxy) is 1. The molecule has 1 saturated heterocycles. The van der Waals surface area contributed by atoms with Gasteiger partial charge in [0.1, 0.15) is 12.0 Å². The van der Waals surface area contributed by atoms with Crippen LogP contribution in [0.25, 0.3) is 11.2 Å². The molecule has 3 aromatic rings. The van der Waals surface area contributed by atoms with Crippen molar-refractivity contribution < 1.29 is 13.5 Å². The molecule has 1 unspecified atom stereocenters. The van der Waals surface area contributed by atoms with Gasteiger partial charge in [0, 0.05) is 13.0 Å². The molecule has 0 radical (unpaired) electrons. The van der Waals surface area contributed by atoms with E-state index in [1.165, 1.54) is 12.1 Å². The lowest BCUT2D eigenvalue weighted by molar-refractivity contribution is -0.0974. The van der Waals surface area contributed by atoms with Crippen LogP contribution in [0.1, 0.15) is 18.2 Å². The van der Waals surface area contributed by atoms with E-state index in [0.717, 1.165) is 12.0 Å². The van der Waals surface area contributed by atoms with E-state index in [-0.39, 0.29) is 17.9 Å². The van der Waals surface area contributed by atoms with Gasteiger partial charge in [-0.05, 0) is 17.7 Å². The molecule has 118 valence electrons. The Balaban J connectivity index is 1.65. The third kappa shape index (κ3) is 2.61. The van der Waals surface area contributed by atoms with E-state index in [1.807, 2.05) is 0 Å². The van der Waals surface area contributed by atoms with Gasteiger partial charge in [-0.1, -0.05) is 12.1 Å². The topological polar surface area (TPSA) is 64.9 Å². The molecule has 8 heteroatoms. The van der Waals surface area contributed by atoms with E-state index >= 15 is 0 Å². The Morgan fingerprint density at radius 3 is 2.91 bits per heavy atom. The fourth-order valence-electron chi connectivity index (χ4n) is 2.50. The third-order valence-electron chi connectivity index (χ3n) is 3.73. The van der Waals surface area contributed by atoms with Crippen LogP contribution in [-0.2, 0) is 11.3 Å². The predicted octanol–water partition coefficient (Wildman–Crippen LogP) is 2.64. The molecule has 0 saturated carbocycles. The summed E-state index contributed by atoms with van der Waals surface area (Å²) < 4.78 is 34.0. The summed E-state index contributed by atoms with van der Waals surface area (Å²) in [7, 11) is 0. The molecule has 0 bridgehead atoms. The van der Waals surface area contributed by atoms with E-state index in [9.17, 15) is 8.78 Å². The van der Waals surface area contributed by atoms with Gasteiger partial charge in [-0.2, -0.15) is 14.4 Å². The smallest absolute Gasteiger partial charge is 0.312 e. The van der Waals surface area contributed by atoms with Crippen LogP contribution in [-0.4, -0.2) is 26.1 Å². The lowest BCUT2D eigenvalue weighted by Gasteiger charge is -2.27. The van der Waals surface area contributed by atoms with Crippen molar-refractivity contribution in [1.29, 1.82) is 0 Å². The van der Waals surface area contributed by atoms with Crippen molar-refractivity contribution >= 4 is 17.0 Å². The highest BCUT2D eigenvalue weighted by molar-refractivity contribution is 5.82. The quantitative estimate of drug-likeness (QED) is 0.749. The number of hydrogen-bond donors (Lipinski definition) is 1. The van der Waals surface area contributed by atoms with Crippen molar-refractivity contribution in [2.45, 2.75) is 19.2 Å².